The van der Waals surface area contributed by atoms with Crippen LogP contribution >= 0.6 is 11.8 Å². The molecule has 0 N–H and O–H groups in total. The summed E-state index contributed by atoms with van der Waals surface area (Å²) in [6, 6.07) is 10.3. The van der Waals surface area contributed by atoms with Gasteiger partial charge in [0.15, 0.2) is 0 Å². The zero-order valence-corrected chi connectivity index (χ0v) is 12.4. The molecule has 0 spiro atoms. The van der Waals surface area contributed by atoms with Gasteiger partial charge in [-0.05, 0) is 26.0 Å². The Bertz CT molecular complexity index is 430. The molecule has 0 unspecified atom stereocenters. The van der Waals surface area contributed by atoms with Gasteiger partial charge >= 0.3 is 5.97 Å². The van der Waals surface area contributed by atoms with Crippen LogP contribution in [-0.4, -0.2) is 29.5 Å². The summed E-state index contributed by atoms with van der Waals surface area (Å²) in [5.74, 6) is -0.234. The summed E-state index contributed by atoms with van der Waals surface area (Å²) in [6.07, 6.45) is 0.770. The van der Waals surface area contributed by atoms with Crippen molar-refractivity contribution in [2.45, 2.75) is 49.0 Å². The zero-order chi connectivity index (χ0) is 13.9. The molecule has 1 aliphatic heterocycles. The number of ether oxygens (including phenoxy) is 2. The largest absolute Gasteiger partial charge is 0.460 e. The van der Waals surface area contributed by atoms with E-state index in [4.69, 9.17) is 9.47 Å². The van der Waals surface area contributed by atoms with Crippen LogP contribution in [0.5, 0.6) is 0 Å². The SMILES string of the molecule is CC(=O)O[C@@H]1CO[C@H](C(C)(C)Sc2ccccc2)C1. The lowest BCUT2D eigenvalue weighted by molar-refractivity contribution is -0.146. The zero-order valence-electron chi connectivity index (χ0n) is 11.6. The first kappa shape index (κ1) is 14.4. The summed E-state index contributed by atoms with van der Waals surface area (Å²) in [5.41, 5.74) is 0. The van der Waals surface area contributed by atoms with Crippen LogP contribution in [-0.2, 0) is 14.3 Å². The van der Waals surface area contributed by atoms with E-state index in [1.807, 2.05) is 18.2 Å². The number of benzene rings is 1. The number of hydrogen-bond acceptors (Lipinski definition) is 4. The standard InChI is InChI=1S/C15H20O3S/c1-11(16)18-12-9-14(17-10-12)15(2,3)19-13-7-5-4-6-8-13/h4-8,12,14H,9-10H2,1-3H3/t12-,14-/m0/s1. The van der Waals surface area contributed by atoms with Crippen LogP contribution in [0.25, 0.3) is 0 Å². The van der Waals surface area contributed by atoms with E-state index in [-0.39, 0.29) is 22.9 Å². The van der Waals surface area contributed by atoms with Gasteiger partial charge in [0.2, 0.25) is 0 Å². The topological polar surface area (TPSA) is 35.5 Å². The highest BCUT2D eigenvalue weighted by molar-refractivity contribution is 8.00. The lowest BCUT2D eigenvalue weighted by Gasteiger charge is -2.30. The minimum atomic E-state index is -0.234. The van der Waals surface area contributed by atoms with Crippen molar-refractivity contribution >= 4 is 17.7 Å². The van der Waals surface area contributed by atoms with Gasteiger partial charge in [0.25, 0.3) is 0 Å². The van der Waals surface area contributed by atoms with Crippen molar-refractivity contribution in [3.8, 4) is 0 Å². The average Bonchev–Trinajstić information content (AvgIpc) is 2.78. The summed E-state index contributed by atoms with van der Waals surface area (Å²) in [5, 5.41) is 0. The lowest BCUT2D eigenvalue weighted by atomic mass is 10.0. The lowest BCUT2D eigenvalue weighted by Crippen LogP contribution is -2.32. The fraction of sp³-hybridized carbons (Fsp3) is 0.533. The van der Waals surface area contributed by atoms with Crippen molar-refractivity contribution in [2.75, 3.05) is 6.61 Å². The summed E-state index contributed by atoms with van der Waals surface area (Å²) >= 11 is 1.80. The molecule has 1 aliphatic rings. The van der Waals surface area contributed by atoms with Crippen LogP contribution in [0.3, 0.4) is 0 Å². The van der Waals surface area contributed by atoms with E-state index >= 15 is 0 Å². The number of rotatable bonds is 4. The highest BCUT2D eigenvalue weighted by Crippen LogP contribution is 2.40. The third-order valence-electron chi connectivity index (χ3n) is 3.19. The van der Waals surface area contributed by atoms with Gasteiger partial charge in [-0.1, -0.05) is 18.2 Å². The molecular weight excluding hydrogens is 260 g/mol. The molecule has 1 aromatic rings. The molecule has 1 saturated heterocycles. The van der Waals surface area contributed by atoms with Crippen LogP contribution in [0.1, 0.15) is 27.2 Å². The minimum Gasteiger partial charge on any atom is -0.460 e. The van der Waals surface area contributed by atoms with Crippen molar-refractivity contribution in [2.24, 2.45) is 0 Å². The molecule has 2 atom stereocenters. The van der Waals surface area contributed by atoms with E-state index in [0.717, 1.165) is 6.42 Å². The third kappa shape index (κ3) is 3.98. The Morgan fingerprint density at radius 3 is 2.68 bits per heavy atom. The molecule has 0 saturated carbocycles. The third-order valence-corrected chi connectivity index (χ3v) is 4.49. The molecule has 19 heavy (non-hydrogen) atoms. The Morgan fingerprint density at radius 2 is 2.05 bits per heavy atom. The molecule has 1 heterocycles. The van der Waals surface area contributed by atoms with Gasteiger partial charge in [0.05, 0.1) is 12.7 Å². The minimum absolute atomic E-state index is 0.0454. The molecule has 104 valence electrons. The Kier molecular flexibility index (Phi) is 4.53. The van der Waals surface area contributed by atoms with Gasteiger partial charge in [0.1, 0.15) is 6.10 Å². The molecular formula is C15H20O3S. The molecule has 2 rings (SSSR count). The number of carbonyl (C=O) groups excluding carboxylic acids is 1. The normalized spacial score (nSPS) is 23.3. The molecule has 3 nitrogen and oxygen atoms in total. The molecule has 4 heteroatoms. The fourth-order valence-electron chi connectivity index (χ4n) is 2.26. The van der Waals surface area contributed by atoms with Crippen molar-refractivity contribution in [1.82, 2.24) is 0 Å². The molecule has 0 radical (unpaired) electrons. The maximum atomic E-state index is 11.0. The van der Waals surface area contributed by atoms with Crippen LogP contribution in [0.15, 0.2) is 35.2 Å². The van der Waals surface area contributed by atoms with Gasteiger partial charge in [-0.15, -0.1) is 11.8 Å². The highest BCUT2D eigenvalue weighted by Gasteiger charge is 2.39. The second-order valence-corrected chi connectivity index (χ2v) is 7.04. The van der Waals surface area contributed by atoms with Crippen LogP contribution in [0, 0.1) is 0 Å². The van der Waals surface area contributed by atoms with Crippen LogP contribution in [0.4, 0.5) is 0 Å². The Balaban J connectivity index is 1.95. The van der Waals surface area contributed by atoms with E-state index in [1.54, 1.807) is 11.8 Å². The second kappa shape index (κ2) is 5.97. The first-order chi connectivity index (χ1) is 8.97. The van der Waals surface area contributed by atoms with Crippen LogP contribution in [0.2, 0.25) is 0 Å². The molecule has 0 bridgehead atoms. The highest BCUT2D eigenvalue weighted by atomic mass is 32.2. The van der Waals surface area contributed by atoms with Crippen molar-refractivity contribution < 1.29 is 14.3 Å². The first-order valence-corrected chi connectivity index (χ1v) is 7.32. The number of hydrogen-bond donors (Lipinski definition) is 0. The molecule has 1 fully saturated rings. The Hall–Kier alpha value is -1.00. The van der Waals surface area contributed by atoms with Crippen molar-refractivity contribution in [3.05, 3.63) is 30.3 Å². The second-order valence-electron chi connectivity index (χ2n) is 5.31. The Labute approximate surface area is 118 Å². The van der Waals surface area contributed by atoms with E-state index in [1.165, 1.54) is 11.8 Å². The van der Waals surface area contributed by atoms with E-state index in [9.17, 15) is 4.79 Å². The van der Waals surface area contributed by atoms with Gasteiger partial charge in [-0.2, -0.15) is 0 Å². The monoisotopic (exact) mass is 280 g/mol. The van der Waals surface area contributed by atoms with Gasteiger partial charge < -0.3 is 9.47 Å². The van der Waals surface area contributed by atoms with Gasteiger partial charge in [0, 0.05) is 23.0 Å². The van der Waals surface area contributed by atoms with E-state index < -0.39 is 0 Å². The van der Waals surface area contributed by atoms with Gasteiger partial charge in [-0.3, -0.25) is 4.79 Å². The smallest absolute Gasteiger partial charge is 0.302 e. The quantitative estimate of drug-likeness (QED) is 0.626. The predicted molar refractivity (Wildman–Crippen MR) is 76.3 cm³/mol. The van der Waals surface area contributed by atoms with Gasteiger partial charge in [-0.25, -0.2) is 0 Å². The average molecular weight is 280 g/mol. The summed E-state index contributed by atoms with van der Waals surface area (Å²) in [4.78, 5) is 12.2. The molecule has 1 aromatic carbocycles. The maximum absolute atomic E-state index is 11.0. The van der Waals surface area contributed by atoms with Crippen molar-refractivity contribution in [3.63, 3.8) is 0 Å². The molecule has 0 aliphatic carbocycles. The Morgan fingerprint density at radius 1 is 1.37 bits per heavy atom. The first-order valence-electron chi connectivity index (χ1n) is 6.50. The summed E-state index contributed by atoms with van der Waals surface area (Å²) in [6.45, 7) is 6.29. The van der Waals surface area contributed by atoms with E-state index in [2.05, 4.69) is 26.0 Å². The van der Waals surface area contributed by atoms with Crippen LogP contribution < -0.4 is 0 Å². The van der Waals surface area contributed by atoms with E-state index in [0.29, 0.717) is 6.61 Å². The van der Waals surface area contributed by atoms with Crippen molar-refractivity contribution in [1.29, 1.82) is 0 Å². The number of esters is 1. The summed E-state index contributed by atoms with van der Waals surface area (Å²) < 4.78 is 11.0. The predicted octanol–water partition coefficient (Wildman–Crippen LogP) is 3.28. The molecule has 0 amide bonds. The summed E-state index contributed by atoms with van der Waals surface area (Å²) in [7, 11) is 0. The number of carbonyl (C=O) groups is 1. The number of thioether (sulfide) groups is 1. The molecule has 0 aromatic heterocycles. The maximum Gasteiger partial charge on any atom is 0.302 e. The fourth-order valence-corrected chi connectivity index (χ4v) is 3.45.